The second kappa shape index (κ2) is 7.97. The van der Waals surface area contributed by atoms with Crippen molar-refractivity contribution in [1.29, 1.82) is 0 Å². The van der Waals surface area contributed by atoms with Crippen LogP contribution in [-0.2, 0) is 24.9 Å². The van der Waals surface area contributed by atoms with Crippen molar-refractivity contribution in [2.45, 2.75) is 13.2 Å². The van der Waals surface area contributed by atoms with E-state index in [1.54, 1.807) is 13.4 Å². The van der Waals surface area contributed by atoms with Crippen LogP contribution in [0.1, 0.15) is 11.4 Å². The molecular weight excluding hydrogens is 292 g/mol. The fraction of sp³-hybridized carbons (Fsp3) is 0.429. The first-order valence-corrected chi connectivity index (χ1v) is 7.03. The highest BCUT2D eigenvalue weighted by atomic mass is 35.5. The van der Waals surface area contributed by atoms with Crippen LogP contribution in [-0.4, -0.2) is 35.0 Å². The molecular formula is C14H19ClN4O2. The van der Waals surface area contributed by atoms with E-state index in [9.17, 15) is 0 Å². The van der Waals surface area contributed by atoms with E-state index in [1.165, 1.54) is 0 Å². The number of halogens is 1. The third-order valence-electron chi connectivity index (χ3n) is 3.00. The first kappa shape index (κ1) is 15.8. The maximum Gasteiger partial charge on any atom is 0.170 e. The number of hydrogen-bond acceptors (Lipinski definition) is 5. The lowest BCUT2D eigenvalue weighted by molar-refractivity contribution is 0.199. The van der Waals surface area contributed by atoms with Crippen LogP contribution in [0.3, 0.4) is 0 Å². The number of nitrogens with zero attached hydrogens (tertiary/aromatic N) is 3. The third-order valence-corrected chi connectivity index (χ3v) is 3.30. The SMILES string of the molecule is COCCNCc1cccc(Cl)c1OCc1nncn1C. The molecule has 2 aromatic rings. The van der Waals surface area contributed by atoms with Crippen molar-refractivity contribution in [3.05, 3.63) is 40.9 Å². The molecule has 0 saturated carbocycles. The Bertz CT molecular complexity index is 574. The summed E-state index contributed by atoms with van der Waals surface area (Å²) in [6.07, 6.45) is 1.64. The maximum atomic E-state index is 6.23. The Morgan fingerprint density at radius 1 is 1.38 bits per heavy atom. The topological polar surface area (TPSA) is 61.2 Å². The summed E-state index contributed by atoms with van der Waals surface area (Å²) in [5.41, 5.74) is 1.00. The van der Waals surface area contributed by atoms with Crippen LogP contribution >= 0.6 is 11.6 Å². The molecule has 1 N–H and O–H groups in total. The quantitative estimate of drug-likeness (QED) is 0.753. The van der Waals surface area contributed by atoms with E-state index < -0.39 is 0 Å². The molecule has 1 aromatic carbocycles. The maximum absolute atomic E-state index is 6.23. The number of ether oxygens (including phenoxy) is 2. The zero-order valence-corrected chi connectivity index (χ0v) is 12.9. The summed E-state index contributed by atoms with van der Waals surface area (Å²) >= 11 is 6.23. The van der Waals surface area contributed by atoms with E-state index in [0.29, 0.717) is 30.5 Å². The number of benzene rings is 1. The minimum absolute atomic E-state index is 0.325. The average Bonchev–Trinajstić information content (AvgIpc) is 2.88. The monoisotopic (exact) mass is 310 g/mol. The Morgan fingerprint density at radius 3 is 2.95 bits per heavy atom. The minimum atomic E-state index is 0.325. The molecule has 1 heterocycles. The first-order chi connectivity index (χ1) is 10.2. The van der Waals surface area contributed by atoms with Crippen LogP contribution in [0, 0.1) is 0 Å². The van der Waals surface area contributed by atoms with E-state index in [0.717, 1.165) is 17.9 Å². The third kappa shape index (κ3) is 4.42. The standard InChI is InChI=1S/C14H19ClN4O2/c1-19-10-17-18-13(19)9-21-14-11(4-3-5-12(14)15)8-16-6-7-20-2/h3-5,10,16H,6-9H2,1-2H3. The number of aromatic nitrogens is 3. The molecule has 0 aliphatic heterocycles. The van der Waals surface area contributed by atoms with Gasteiger partial charge in [-0.05, 0) is 6.07 Å². The highest BCUT2D eigenvalue weighted by molar-refractivity contribution is 6.32. The van der Waals surface area contributed by atoms with Crippen LogP contribution in [0.15, 0.2) is 24.5 Å². The second-order valence-electron chi connectivity index (χ2n) is 4.54. The van der Waals surface area contributed by atoms with Gasteiger partial charge in [0.2, 0.25) is 0 Å². The van der Waals surface area contributed by atoms with Crippen LogP contribution < -0.4 is 10.1 Å². The average molecular weight is 311 g/mol. The van der Waals surface area contributed by atoms with Gasteiger partial charge in [-0.15, -0.1) is 10.2 Å². The molecule has 0 atom stereocenters. The minimum Gasteiger partial charge on any atom is -0.484 e. The normalized spacial score (nSPS) is 10.8. The van der Waals surface area contributed by atoms with Crippen molar-refractivity contribution >= 4 is 11.6 Å². The summed E-state index contributed by atoms with van der Waals surface area (Å²) in [7, 11) is 3.55. The predicted octanol–water partition coefficient (Wildman–Crippen LogP) is 1.78. The van der Waals surface area contributed by atoms with E-state index in [4.69, 9.17) is 21.1 Å². The van der Waals surface area contributed by atoms with Gasteiger partial charge in [-0.25, -0.2) is 0 Å². The van der Waals surface area contributed by atoms with E-state index in [2.05, 4.69) is 15.5 Å². The van der Waals surface area contributed by atoms with Gasteiger partial charge in [0.05, 0.1) is 11.6 Å². The summed E-state index contributed by atoms with van der Waals surface area (Å²) in [4.78, 5) is 0. The molecule has 0 radical (unpaired) electrons. The van der Waals surface area contributed by atoms with E-state index in [-0.39, 0.29) is 0 Å². The van der Waals surface area contributed by atoms with Crippen molar-refractivity contribution in [1.82, 2.24) is 20.1 Å². The zero-order valence-electron chi connectivity index (χ0n) is 12.2. The summed E-state index contributed by atoms with van der Waals surface area (Å²) in [6, 6.07) is 5.70. The Kier molecular flexibility index (Phi) is 5.98. The van der Waals surface area contributed by atoms with Gasteiger partial charge in [0.15, 0.2) is 5.82 Å². The van der Waals surface area contributed by atoms with Crippen molar-refractivity contribution < 1.29 is 9.47 Å². The van der Waals surface area contributed by atoms with Gasteiger partial charge in [-0.2, -0.15) is 0 Å². The second-order valence-corrected chi connectivity index (χ2v) is 4.95. The number of nitrogens with one attached hydrogen (secondary N) is 1. The number of methoxy groups -OCH3 is 1. The molecule has 0 aliphatic rings. The van der Waals surface area contributed by atoms with E-state index in [1.807, 2.05) is 29.8 Å². The van der Waals surface area contributed by atoms with E-state index >= 15 is 0 Å². The summed E-state index contributed by atoms with van der Waals surface area (Å²) in [6.45, 7) is 2.42. The Hall–Kier alpha value is -1.63. The Labute approximate surface area is 129 Å². The fourth-order valence-corrected chi connectivity index (χ4v) is 2.07. The van der Waals surface area contributed by atoms with Crippen molar-refractivity contribution in [3.63, 3.8) is 0 Å². The van der Waals surface area contributed by atoms with Crippen molar-refractivity contribution in [3.8, 4) is 5.75 Å². The Morgan fingerprint density at radius 2 is 2.24 bits per heavy atom. The molecule has 6 nitrogen and oxygen atoms in total. The number of para-hydroxylation sites is 1. The first-order valence-electron chi connectivity index (χ1n) is 6.65. The van der Waals surface area contributed by atoms with Gasteiger partial charge in [0.25, 0.3) is 0 Å². The Balaban J connectivity index is 2.01. The molecule has 0 spiro atoms. The molecule has 0 bridgehead atoms. The molecule has 1 aromatic heterocycles. The highest BCUT2D eigenvalue weighted by Gasteiger charge is 2.10. The van der Waals surface area contributed by atoms with Gasteiger partial charge < -0.3 is 19.4 Å². The molecule has 0 aliphatic carbocycles. The summed E-state index contributed by atoms with van der Waals surface area (Å²) in [5.74, 6) is 1.42. The molecule has 2 rings (SSSR count). The van der Waals surface area contributed by atoms with Crippen molar-refractivity contribution in [2.75, 3.05) is 20.3 Å². The predicted molar refractivity (Wildman–Crippen MR) is 80.4 cm³/mol. The van der Waals surface area contributed by atoms with Gasteiger partial charge in [0, 0.05) is 32.8 Å². The molecule has 21 heavy (non-hydrogen) atoms. The summed E-state index contributed by atoms with van der Waals surface area (Å²) in [5, 5.41) is 11.7. The number of hydrogen-bond donors (Lipinski definition) is 1. The number of rotatable bonds is 8. The van der Waals surface area contributed by atoms with Gasteiger partial charge in [0.1, 0.15) is 18.7 Å². The smallest absolute Gasteiger partial charge is 0.170 e. The lowest BCUT2D eigenvalue weighted by atomic mass is 10.2. The largest absolute Gasteiger partial charge is 0.484 e. The van der Waals surface area contributed by atoms with Gasteiger partial charge >= 0.3 is 0 Å². The lowest BCUT2D eigenvalue weighted by Crippen LogP contribution is -2.19. The molecule has 114 valence electrons. The van der Waals surface area contributed by atoms with Crippen LogP contribution in [0.5, 0.6) is 5.75 Å². The zero-order chi connectivity index (χ0) is 15.1. The van der Waals surface area contributed by atoms with Crippen LogP contribution in [0.4, 0.5) is 0 Å². The van der Waals surface area contributed by atoms with Crippen molar-refractivity contribution in [2.24, 2.45) is 7.05 Å². The molecule has 0 saturated heterocycles. The summed E-state index contributed by atoms with van der Waals surface area (Å²) < 4.78 is 12.6. The highest BCUT2D eigenvalue weighted by Crippen LogP contribution is 2.29. The van der Waals surface area contributed by atoms with Gasteiger partial charge in [-0.1, -0.05) is 23.7 Å². The van der Waals surface area contributed by atoms with Crippen LogP contribution in [0.25, 0.3) is 0 Å². The lowest BCUT2D eigenvalue weighted by Gasteiger charge is -2.13. The molecule has 0 fully saturated rings. The fourth-order valence-electron chi connectivity index (χ4n) is 1.83. The number of aryl methyl sites for hydroxylation is 1. The molecule has 0 amide bonds. The molecule has 0 unspecified atom stereocenters. The molecule has 7 heteroatoms. The van der Waals surface area contributed by atoms with Crippen LogP contribution in [0.2, 0.25) is 5.02 Å². The van der Waals surface area contributed by atoms with Gasteiger partial charge in [-0.3, -0.25) is 0 Å².